The fourth-order valence-corrected chi connectivity index (χ4v) is 0.924. The Balaban J connectivity index is 3.08. The van der Waals surface area contributed by atoms with Crippen LogP contribution in [0.2, 0.25) is 0 Å². The van der Waals surface area contributed by atoms with Crippen LogP contribution in [0, 0.1) is 0 Å². The summed E-state index contributed by atoms with van der Waals surface area (Å²) in [7, 11) is 1.73. The Bertz CT molecular complexity index is 441. The van der Waals surface area contributed by atoms with E-state index in [1.807, 2.05) is 0 Å². The average Bonchev–Trinajstić information content (AvgIpc) is 2.34. The molecule has 11 heavy (non-hydrogen) atoms. The van der Waals surface area contributed by atoms with Crippen LogP contribution in [0.5, 0.6) is 0 Å². The second-order valence-corrected chi connectivity index (χ2v) is 2.17. The molecule has 0 aliphatic rings. The van der Waals surface area contributed by atoms with Crippen LogP contribution >= 0.6 is 0 Å². The van der Waals surface area contributed by atoms with E-state index in [1.165, 1.54) is 6.33 Å². The fourth-order valence-electron chi connectivity index (χ4n) is 0.924. The Kier molecular flexibility index (Phi) is 1.03. The Morgan fingerprint density at radius 3 is 3.18 bits per heavy atom. The van der Waals surface area contributed by atoms with Gasteiger partial charge in [-0.25, -0.2) is 10.1 Å². The third-order valence-electron chi connectivity index (χ3n) is 1.43. The van der Waals surface area contributed by atoms with Crippen molar-refractivity contribution in [3.8, 4) is 0 Å². The van der Waals surface area contributed by atoms with Gasteiger partial charge < -0.3 is 4.57 Å². The highest BCUT2D eigenvalue weighted by Gasteiger charge is 2.03. The number of aromatic amines is 1. The molecule has 0 saturated heterocycles. The summed E-state index contributed by atoms with van der Waals surface area (Å²) in [6.07, 6.45) is 1.52. The van der Waals surface area contributed by atoms with Crippen molar-refractivity contribution in [2.24, 2.45) is 7.05 Å². The highest BCUT2D eigenvalue weighted by molar-refractivity contribution is 5.67. The van der Waals surface area contributed by atoms with Gasteiger partial charge in [0.25, 0.3) is 5.56 Å². The third-order valence-corrected chi connectivity index (χ3v) is 1.43. The molecule has 2 aromatic rings. The first kappa shape index (κ1) is 6.02. The van der Waals surface area contributed by atoms with Gasteiger partial charge in [0.15, 0.2) is 5.52 Å². The smallest absolute Gasteiger partial charge is 0.293 e. The van der Waals surface area contributed by atoms with Crippen LogP contribution in [-0.4, -0.2) is 25.0 Å². The molecule has 0 bridgehead atoms. The zero-order chi connectivity index (χ0) is 7.84. The van der Waals surface area contributed by atoms with Gasteiger partial charge in [-0.2, -0.15) is 0 Å². The highest BCUT2D eigenvalue weighted by Crippen LogP contribution is 1.98. The predicted molar refractivity (Wildman–Crippen MR) is 36.9 cm³/mol. The summed E-state index contributed by atoms with van der Waals surface area (Å²) >= 11 is 0. The van der Waals surface area contributed by atoms with Gasteiger partial charge in [-0.15, -0.1) is 5.10 Å². The van der Waals surface area contributed by atoms with Crippen molar-refractivity contribution in [3.63, 3.8) is 0 Å². The summed E-state index contributed by atoms with van der Waals surface area (Å²) in [4.78, 5) is 14.9. The molecule has 56 valence electrons. The molecule has 0 aliphatic heterocycles. The summed E-state index contributed by atoms with van der Waals surface area (Å²) in [6.45, 7) is 0. The fraction of sp³-hybridized carbons (Fsp3) is 0.200. The van der Waals surface area contributed by atoms with Crippen LogP contribution in [0.3, 0.4) is 0 Å². The van der Waals surface area contributed by atoms with Crippen molar-refractivity contribution in [2.45, 2.75) is 0 Å². The maximum Gasteiger partial charge on any atom is 0.293 e. The van der Waals surface area contributed by atoms with Crippen molar-refractivity contribution in [1.29, 1.82) is 0 Å². The van der Waals surface area contributed by atoms with Crippen LogP contribution in [0.4, 0.5) is 0 Å². The first-order valence-corrected chi connectivity index (χ1v) is 3.01. The van der Waals surface area contributed by atoms with Crippen molar-refractivity contribution in [3.05, 3.63) is 16.7 Å². The molecule has 2 rings (SSSR count). The minimum atomic E-state index is -0.269. The van der Waals surface area contributed by atoms with Gasteiger partial charge >= 0.3 is 0 Å². The van der Waals surface area contributed by atoms with E-state index in [9.17, 15) is 4.79 Å². The second-order valence-electron chi connectivity index (χ2n) is 2.17. The van der Waals surface area contributed by atoms with Crippen LogP contribution in [0.15, 0.2) is 11.1 Å². The van der Waals surface area contributed by atoms with Crippen LogP contribution in [-0.2, 0) is 7.05 Å². The molecule has 0 unspecified atom stereocenters. The number of aryl methyl sites for hydroxylation is 1. The van der Waals surface area contributed by atoms with Crippen LogP contribution in [0.25, 0.3) is 11.2 Å². The van der Waals surface area contributed by atoms with Gasteiger partial charge in [0, 0.05) is 7.05 Å². The van der Waals surface area contributed by atoms with Crippen LogP contribution < -0.4 is 5.56 Å². The molecule has 6 heteroatoms. The number of hydrogen-bond donors (Lipinski definition) is 1. The third kappa shape index (κ3) is 0.721. The first-order valence-electron chi connectivity index (χ1n) is 3.01. The highest BCUT2D eigenvalue weighted by atomic mass is 16.1. The quantitative estimate of drug-likeness (QED) is 0.526. The lowest BCUT2D eigenvalue weighted by Crippen LogP contribution is -2.11. The summed E-state index contributed by atoms with van der Waals surface area (Å²) in [5.74, 6) is 0. The molecule has 6 nitrogen and oxygen atoms in total. The van der Waals surface area contributed by atoms with Crippen molar-refractivity contribution in [2.75, 3.05) is 0 Å². The molecule has 0 amide bonds. The lowest BCUT2D eigenvalue weighted by molar-refractivity contribution is 0.855. The topological polar surface area (TPSA) is 76.5 Å². The van der Waals surface area contributed by atoms with E-state index in [4.69, 9.17) is 0 Å². The van der Waals surface area contributed by atoms with E-state index >= 15 is 0 Å². The van der Waals surface area contributed by atoms with Crippen molar-refractivity contribution < 1.29 is 0 Å². The normalized spacial score (nSPS) is 10.6. The summed E-state index contributed by atoms with van der Waals surface area (Å²) in [5, 5.41) is 9.21. The van der Waals surface area contributed by atoms with E-state index in [-0.39, 0.29) is 5.56 Å². The monoisotopic (exact) mass is 151 g/mol. The molecule has 2 heterocycles. The zero-order valence-corrected chi connectivity index (χ0v) is 5.77. The maximum absolute atomic E-state index is 11.0. The van der Waals surface area contributed by atoms with Gasteiger partial charge in [0.1, 0.15) is 0 Å². The average molecular weight is 151 g/mol. The standard InChI is InChI=1S/C5H5N5O/c1-10-2-6-4-3(10)5(11)8-9-7-4/h2H,1H3,(H,7,8,11). The minimum absolute atomic E-state index is 0.269. The molecular weight excluding hydrogens is 146 g/mol. The molecule has 0 saturated carbocycles. The molecule has 0 atom stereocenters. The number of imidazole rings is 1. The number of H-pyrrole nitrogens is 1. The molecular formula is C5H5N5O. The number of rotatable bonds is 0. The van der Waals surface area contributed by atoms with Gasteiger partial charge in [-0.3, -0.25) is 4.79 Å². The van der Waals surface area contributed by atoms with Crippen molar-refractivity contribution in [1.82, 2.24) is 25.0 Å². The van der Waals surface area contributed by atoms with E-state index in [0.29, 0.717) is 11.2 Å². The van der Waals surface area contributed by atoms with E-state index < -0.39 is 0 Å². The van der Waals surface area contributed by atoms with Gasteiger partial charge in [-0.05, 0) is 0 Å². The number of hydrogen-bond acceptors (Lipinski definition) is 4. The van der Waals surface area contributed by atoms with Gasteiger partial charge in [0.2, 0.25) is 5.65 Å². The molecule has 0 spiro atoms. The predicted octanol–water partition coefficient (Wildman–Crippen LogP) is -0.948. The lowest BCUT2D eigenvalue weighted by atomic mass is 10.6. The Morgan fingerprint density at radius 2 is 2.45 bits per heavy atom. The van der Waals surface area contributed by atoms with Crippen molar-refractivity contribution >= 4 is 11.2 Å². The van der Waals surface area contributed by atoms with E-state index in [2.05, 4.69) is 20.4 Å². The van der Waals surface area contributed by atoms with Gasteiger partial charge in [0.05, 0.1) is 6.33 Å². The first-order chi connectivity index (χ1) is 5.29. The van der Waals surface area contributed by atoms with E-state index in [1.54, 1.807) is 11.6 Å². The zero-order valence-electron chi connectivity index (χ0n) is 5.77. The summed E-state index contributed by atoms with van der Waals surface area (Å²) < 4.78 is 1.60. The summed E-state index contributed by atoms with van der Waals surface area (Å²) in [6, 6.07) is 0. The Morgan fingerprint density at radius 1 is 1.64 bits per heavy atom. The molecule has 0 fully saturated rings. The molecule has 2 aromatic heterocycles. The SMILES string of the molecule is Cn1cnc2nn[nH]c(=O)c21. The Labute approximate surface area is 60.9 Å². The number of nitrogens with one attached hydrogen (secondary N) is 1. The second kappa shape index (κ2) is 1.88. The lowest BCUT2D eigenvalue weighted by Gasteiger charge is -1.87. The van der Waals surface area contributed by atoms with E-state index in [0.717, 1.165) is 0 Å². The number of nitrogens with zero attached hydrogens (tertiary/aromatic N) is 4. The molecule has 0 aliphatic carbocycles. The van der Waals surface area contributed by atoms with Crippen LogP contribution in [0.1, 0.15) is 0 Å². The minimum Gasteiger partial charge on any atom is -0.328 e. The maximum atomic E-state index is 11.0. The molecule has 0 radical (unpaired) electrons. The molecule has 1 N–H and O–H groups in total. The summed E-state index contributed by atoms with van der Waals surface area (Å²) in [5.41, 5.74) is 0.547. The molecule has 0 aromatic carbocycles. The van der Waals surface area contributed by atoms with Gasteiger partial charge in [-0.1, -0.05) is 5.21 Å². The number of aromatic nitrogens is 5. The largest absolute Gasteiger partial charge is 0.328 e. The number of fused-ring (bicyclic) bond motifs is 1. The Hall–Kier alpha value is -1.72.